The molecule has 2 rings (SSSR count). The lowest BCUT2D eigenvalue weighted by Crippen LogP contribution is -2.38. The maximum atomic E-state index is 12.0. The SMILES string of the molecule is COc1ccc(C2CCN(OC(=O)C(C)(C)C)CC2)c(C(C)C)c1. The molecule has 1 fully saturated rings. The van der Waals surface area contributed by atoms with E-state index in [2.05, 4.69) is 26.0 Å². The van der Waals surface area contributed by atoms with Gasteiger partial charge in [0.05, 0.1) is 12.5 Å². The summed E-state index contributed by atoms with van der Waals surface area (Å²) in [7, 11) is 1.71. The van der Waals surface area contributed by atoms with Gasteiger partial charge in [-0.1, -0.05) is 19.9 Å². The van der Waals surface area contributed by atoms with E-state index in [9.17, 15) is 4.79 Å². The van der Waals surface area contributed by atoms with Gasteiger partial charge in [-0.3, -0.25) is 0 Å². The molecule has 0 amide bonds. The second-order valence-electron chi connectivity index (χ2n) is 7.98. The van der Waals surface area contributed by atoms with Crippen molar-refractivity contribution in [3.05, 3.63) is 29.3 Å². The van der Waals surface area contributed by atoms with Crippen molar-refractivity contribution >= 4 is 5.97 Å². The summed E-state index contributed by atoms with van der Waals surface area (Å²) < 4.78 is 5.37. The highest BCUT2D eigenvalue weighted by Gasteiger charge is 2.29. The van der Waals surface area contributed by atoms with Crippen LogP contribution in [0.25, 0.3) is 0 Å². The first-order valence-corrected chi connectivity index (χ1v) is 8.87. The molecular weight excluding hydrogens is 302 g/mol. The Morgan fingerprint density at radius 1 is 1.21 bits per heavy atom. The van der Waals surface area contributed by atoms with Crippen molar-refractivity contribution in [3.8, 4) is 5.75 Å². The van der Waals surface area contributed by atoms with Crippen LogP contribution < -0.4 is 4.74 Å². The number of piperidine rings is 1. The molecule has 4 heteroatoms. The van der Waals surface area contributed by atoms with Gasteiger partial charge in [0.1, 0.15) is 5.75 Å². The summed E-state index contributed by atoms with van der Waals surface area (Å²) in [4.78, 5) is 17.5. The zero-order valence-electron chi connectivity index (χ0n) is 15.9. The van der Waals surface area contributed by atoms with Gasteiger partial charge in [-0.05, 0) is 68.7 Å². The zero-order valence-corrected chi connectivity index (χ0v) is 15.9. The molecule has 1 aromatic carbocycles. The first kappa shape index (κ1) is 18.8. The summed E-state index contributed by atoms with van der Waals surface area (Å²) in [6, 6.07) is 6.41. The van der Waals surface area contributed by atoms with Crippen LogP contribution in [0.3, 0.4) is 0 Å². The van der Waals surface area contributed by atoms with Gasteiger partial charge in [0.25, 0.3) is 0 Å². The van der Waals surface area contributed by atoms with E-state index >= 15 is 0 Å². The third kappa shape index (κ3) is 4.50. The summed E-state index contributed by atoms with van der Waals surface area (Å²) in [5.74, 6) is 1.73. The molecule has 0 aliphatic carbocycles. The van der Waals surface area contributed by atoms with Crippen LogP contribution in [0, 0.1) is 5.41 Å². The highest BCUT2D eigenvalue weighted by Crippen LogP contribution is 2.35. The molecule has 1 heterocycles. The van der Waals surface area contributed by atoms with Crippen molar-refractivity contribution < 1.29 is 14.4 Å². The number of hydrogen-bond acceptors (Lipinski definition) is 4. The molecule has 4 nitrogen and oxygen atoms in total. The Labute approximate surface area is 146 Å². The van der Waals surface area contributed by atoms with Crippen LogP contribution in [-0.2, 0) is 9.63 Å². The van der Waals surface area contributed by atoms with Gasteiger partial charge in [0.2, 0.25) is 0 Å². The quantitative estimate of drug-likeness (QED) is 0.813. The van der Waals surface area contributed by atoms with E-state index in [1.807, 2.05) is 31.9 Å². The lowest BCUT2D eigenvalue weighted by molar-refractivity contribution is -0.204. The Morgan fingerprint density at radius 2 is 1.83 bits per heavy atom. The number of benzene rings is 1. The lowest BCUT2D eigenvalue weighted by Gasteiger charge is -2.33. The monoisotopic (exact) mass is 333 g/mol. The number of methoxy groups -OCH3 is 1. The van der Waals surface area contributed by atoms with Crippen molar-refractivity contribution in [2.45, 2.75) is 59.3 Å². The fraction of sp³-hybridized carbons (Fsp3) is 0.650. The van der Waals surface area contributed by atoms with Gasteiger partial charge in [-0.15, -0.1) is 5.06 Å². The Bertz CT molecular complexity index is 567. The summed E-state index contributed by atoms with van der Waals surface area (Å²) in [6.07, 6.45) is 2.01. The minimum absolute atomic E-state index is 0.159. The van der Waals surface area contributed by atoms with E-state index in [0.29, 0.717) is 11.8 Å². The predicted octanol–water partition coefficient (Wildman–Crippen LogP) is 4.50. The molecule has 0 atom stereocenters. The standard InChI is InChI=1S/C20H31NO3/c1-14(2)18-13-16(23-6)7-8-17(18)15-9-11-21(12-10-15)24-19(22)20(3,4)5/h7-8,13-15H,9-12H2,1-6H3. The number of hydrogen-bond donors (Lipinski definition) is 0. The summed E-state index contributed by atoms with van der Waals surface area (Å²) in [5, 5.41) is 1.82. The molecule has 134 valence electrons. The molecule has 1 aromatic rings. The maximum Gasteiger partial charge on any atom is 0.330 e. The topological polar surface area (TPSA) is 38.8 Å². The van der Waals surface area contributed by atoms with Crippen molar-refractivity contribution in [1.82, 2.24) is 5.06 Å². The minimum atomic E-state index is -0.461. The maximum absolute atomic E-state index is 12.0. The molecule has 0 bridgehead atoms. The summed E-state index contributed by atoms with van der Waals surface area (Å²) in [5.41, 5.74) is 2.31. The minimum Gasteiger partial charge on any atom is -0.497 e. The van der Waals surface area contributed by atoms with Crippen molar-refractivity contribution in [1.29, 1.82) is 0 Å². The van der Waals surface area contributed by atoms with Crippen LogP contribution in [0.1, 0.15) is 70.4 Å². The van der Waals surface area contributed by atoms with E-state index in [4.69, 9.17) is 9.57 Å². The normalized spacial score (nSPS) is 17.1. The van der Waals surface area contributed by atoms with Gasteiger partial charge in [0.15, 0.2) is 0 Å². The molecule has 0 radical (unpaired) electrons. The van der Waals surface area contributed by atoms with Crippen LogP contribution in [0.5, 0.6) is 5.75 Å². The number of hydroxylamine groups is 2. The number of carbonyl (C=O) groups is 1. The second-order valence-corrected chi connectivity index (χ2v) is 7.98. The van der Waals surface area contributed by atoms with Crippen LogP contribution in [-0.4, -0.2) is 31.2 Å². The van der Waals surface area contributed by atoms with Crippen LogP contribution in [0.4, 0.5) is 0 Å². The summed E-state index contributed by atoms with van der Waals surface area (Å²) >= 11 is 0. The largest absolute Gasteiger partial charge is 0.497 e. The zero-order chi connectivity index (χ0) is 17.9. The highest BCUT2D eigenvalue weighted by atomic mass is 16.7. The van der Waals surface area contributed by atoms with Gasteiger partial charge in [-0.25, -0.2) is 4.79 Å². The van der Waals surface area contributed by atoms with Gasteiger partial charge >= 0.3 is 5.97 Å². The average Bonchev–Trinajstić information content (AvgIpc) is 2.54. The predicted molar refractivity (Wildman–Crippen MR) is 96.2 cm³/mol. The van der Waals surface area contributed by atoms with Crippen LogP contribution in [0.2, 0.25) is 0 Å². The average molecular weight is 333 g/mol. The van der Waals surface area contributed by atoms with E-state index in [1.165, 1.54) is 11.1 Å². The number of nitrogens with zero attached hydrogens (tertiary/aromatic N) is 1. The molecule has 0 N–H and O–H groups in total. The van der Waals surface area contributed by atoms with Gasteiger partial charge in [-0.2, -0.15) is 0 Å². The van der Waals surface area contributed by atoms with Crippen molar-refractivity contribution in [2.75, 3.05) is 20.2 Å². The van der Waals surface area contributed by atoms with E-state index in [1.54, 1.807) is 7.11 Å². The number of ether oxygens (including phenoxy) is 1. The third-order valence-electron chi connectivity index (χ3n) is 4.63. The number of carbonyl (C=O) groups excluding carboxylic acids is 1. The van der Waals surface area contributed by atoms with Crippen molar-refractivity contribution in [3.63, 3.8) is 0 Å². The van der Waals surface area contributed by atoms with E-state index in [-0.39, 0.29) is 5.97 Å². The molecule has 1 aliphatic rings. The first-order chi connectivity index (χ1) is 11.2. The first-order valence-electron chi connectivity index (χ1n) is 8.87. The Balaban J connectivity index is 2.03. The lowest BCUT2D eigenvalue weighted by atomic mass is 9.83. The molecular formula is C20H31NO3. The molecule has 1 saturated heterocycles. The second kappa shape index (κ2) is 7.56. The van der Waals surface area contributed by atoms with E-state index < -0.39 is 5.41 Å². The van der Waals surface area contributed by atoms with Gasteiger partial charge in [0, 0.05) is 13.1 Å². The van der Waals surface area contributed by atoms with Crippen LogP contribution >= 0.6 is 0 Å². The Hall–Kier alpha value is -1.55. The molecule has 0 saturated carbocycles. The Morgan fingerprint density at radius 3 is 2.33 bits per heavy atom. The molecule has 0 aromatic heterocycles. The van der Waals surface area contributed by atoms with Crippen molar-refractivity contribution in [2.24, 2.45) is 5.41 Å². The smallest absolute Gasteiger partial charge is 0.330 e. The highest BCUT2D eigenvalue weighted by molar-refractivity contribution is 5.75. The van der Waals surface area contributed by atoms with Crippen LogP contribution in [0.15, 0.2) is 18.2 Å². The fourth-order valence-corrected chi connectivity index (χ4v) is 3.06. The molecule has 1 aliphatic heterocycles. The summed E-state index contributed by atoms with van der Waals surface area (Å²) in [6.45, 7) is 11.7. The Kier molecular flexibility index (Phi) is 5.92. The van der Waals surface area contributed by atoms with E-state index in [0.717, 1.165) is 31.7 Å². The fourth-order valence-electron chi connectivity index (χ4n) is 3.06. The van der Waals surface area contributed by atoms with Gasteiger partial charge < -0.3 is 9.57 Å². The molecule has 24 heavy (non-hydrogen) atoms. The third-order valence-corrected chi connectivity index (χ3v) is 4.63. The molecule has 0 spiro atoms. The molecule has 0 unspecified atom stereocenters. The number of rotatable bonds is 4.